The molecule has 0 saturated carbocycles. The van der Waals surface area contributed by atoms with E-state index in [2.05, 4.69) is 10.2 Å². The maximum Gasteiger partial charge on any atom is 0.416 e. The number of hydrogen-bond acceptors (Lipinski definition) is 7. The quantitative estimate of drug-likeness (QED) is 0.639. The number of sulfone groups is 1. The van der Waals surface area contributed by atoms with Gasteiger partial charge in [-0.2, -0.15) is 13.2 Å². The Labute approximate surface area is 211 Å². The van der Waals surface area contributed by atoms with Crippen LogP contribution >= 0.6 is 11.3 Å². The molecule has 12 heteroatoms. The zero-order valence-electron chi connectivity index (χ0n) is 20.2. The number of carbonyl (C=O) groups excluding carboxylic acids is 1. The Balaban J connectivity index is 1.52. The molecule has 0 unspecified atom stereocenters. The summed E-state index contributed by atoms with van der Waals surface area (Å²) in [5.41, 5.74) is -1.10. The fraction of sp³-hybridized carbons (Fsp3) is 0.458. The van der Waals surface area contributed by atoms with Gasteiger partial charge in [-0.3, -0.25) is 0 Å². The summed E-state index contributed by atoms with van der Waals surface area (Å²) < 4.78 is 71.0. The van der Waals surface area contributed by atoms with Crippen LogP contribution in [0.15, 0.2) is 34.5 Å². The van der Waals surface area contributed by atoms with Crippen LogP contribution in [0.25, 0.3) is 11.9 Å². The third kappa shape index (κ3) is 5.97. The smallest absolute Gasteiger partial charge is 0.416 e. The molecule has 2 aliphatic rings. The molecule has 0 radical (unpaired) electrons. The normalized spacial score (nSPS) is 16.8. The Bertz CT molecular complexity index is 1350. The summed E-state index contributed by atoms with van der Waals surface area (Å²) in [7, 11) is -3.76. The van der Waals surface area contributed by atoms with Crippen molar-refractivity contribution in [2.45, 2.75) is 42.5 Å². The molecule has 1 aromatic heterocycles. The van der Waals surface area contributed by atoms with E-state index in [0.29, 0.717) is 38.3 Å². The van der Waals surface area contributed by atoms with Crippen molar-refractivity contribution in [1.82, 2.24) is 15.1 Å². The molecule has 1 aromatic carbocycles. The molecule has 1 saturated heterocycles. The van der Waals surface area contributed by atoms with Crippen LogP contribution in [0.4, 0.5) is 18.0 Å². The number of piperazine rings is 1. The van der Waals surface area contributed by atoms with Gasteiger partial charge in [0.1, 0.15) is 15.6 Å². The average molecular weight is 544 g/mol. The van der Waals surface area contributed by atoms with Crippen LogP contribution in [0.3, 0.4) is 0 Å². The monoisotopic (exact) mass is 543 g/mol. The fourth-order valence-electron chi connectivity index (χ4n) is 4.01. The topological polar surface area (TPSA) is 79.0 Å². The van der Waals surface area contributed by atoms with Crippen molar-refractivity contribution in [1.29, 1.82) is 0 Å². The van der Waals surface area contributed by atoms with Crippen LogP contribution in [-0.4, -0.2) is 62.6 Å². The van der Waals surface area contributed by atoms with Crippen molar-refractivity contribution >= 4 is 39.2 Å². The molecule has 0 atom stereocenters. The van der Waals surface area contributed by atoms with Gasteiger partial charge < -0.3 is 19.9 Å². The molecule has 4 rings (SSSR count). The predicted molar refractivity (Wildman–Crippen MR) is 131 cm³/mol. The van der Waals surface area contributed by atoms with Crippen molar-refractivity contribution in [3.05, 3.63) is 51.2 Å². The Morgan fingerprint density at radius 2 is 1.72 bits per heavy atom. The Kier molecular flexibility index (Phi) is 7.04. The van der Waals surface area contributed by atoms with Crippen molar-refractivity contribution in [2.75, 3.05) is 32.7 Å². The highest BCUT2D eigenvalue weighted by Gasteiger charge is 2.31. The summed E-state index contributed by atoms with van der Waals surface area (Å²) >= 11 is 1.15. The van der Waals surface area contributed by atoms with Crippen LogP contribution in [-0.2, 0) is 26.5 Å². The number of ether oxygens (including phenoxy) is 1. The first-order valence-corrected chi connectivity index (χ1v) is 13.9. The highest BCUT2D eigenvalue weighted by atomic mass is 32.2. The van der Waals surface area contributed by atoms with E-state index in [4.69, 9.17) is 4.74 Å². The van der Waals surface area contributed by atoms with E-state index < -0.39 is 27.2 Å². The fourth-order valence-corrected chi connectivity index (χ4v) is 6.86. The first-order valence-electron chi connectivity index (χ1n) is 11.4. The minimum absolute atomic E-state index is 0.164. The third-order valence-electron chi connectivity index (χ3n) is 5.74. The van der Waals surface area contributed by atoms with Crippen molar-refractivity contribution in [3.8, 4) is 0 Å². The number of rotatable bonds is 4. The second-order valence-corrected chi connectivity index (χ2v) is 13.0. The Hall–Kier alpha value is -2.73. The number of fused-ring (bicyclic) bond motifs is 1. The van der Waals surface area contributed by atoms with E-state index in [9.17, 15) is 26.4 Å². The van der Waals surface area contributed by atoms with Crippen molar-refractivity contribution < 1.29 is 31.1 Å². The second kappa shape index (κ2) is 9.62. The molecule has 7 nitrogen and oxygen atoms in total. The highest BCUT2D eigenvalue weighted by Crippen LogP contribution is 2.29. The molecular formula is C24H28F3N3O4S2. The van der Waals surface area contributed by atoms with Crippen LogP contribution in [0.1, 0.15) is 31.9 Å². The first kappa shape index (κ1) is 26.3. The lowest BCUT2D eigenvalue weighted by Gasteiger charge is -2.38. The Morgan fingerprint density at radius 3 is 2.31 bits per heavy atom. The number of alkyl halides is 3. The molecule has 2 aliphatic heterocycles. The zero-order valence-corrected chi connectivity index (χ0v) is 21.8. The van der Waals surface area contributed by atoms with Gasteiger partial charge in [0.05, 0.1) is 11.3 Å². The molecular weight excluding hydrogens is 515 g/mol. The van der Waals surface area contributed by atoms with Gasteiger partial charge in [0.15, 0.2) is 9.84 Å². The van der Waals surface area contributed by atoms with Crippen LogP contribution in [0, 0.1) is 0 Å². The molecule has 196 valence electrons. The van der Waals surface area contributed by atoms with Gasteiger partial charge in [-0.1, -0.05) is 12.1 Å². The minimum Gasteiger partial charge on any atom is -0.444 e. The summed E-state index contributed by atoms with van der Waals surface area (Å²) in [4.78, 5) is 16.1. The van der Waals surface area contributed by atoms with E-state index in [1.54, 1.807) is 11.0 Å². The highest BCUT2D eigenvalue weighted by molar-refractivity contribution is 7.92. The number of amides is 1. The maximum absolute atomic E-state index is 13.1. The molecule has 2 aromatic rings. The summed E-state index contributed by atoms with van der Waals surface area (Å²) in [6.45, 7) is 8.06. The summed E-state index contributed by atoms with van der Waals surface area (Å²) in [6, 6.07) is 5.81. The molecule has 0 spiro atoms. The number of hydrogen-bond donors (Lipinski definition) is 1. The van der Waals surface area contributed by atoms with Crippen LogP contribution in [0.5, 0.6) is 0 Å². The lowest BCUT2D eigenvalue weighted by Crippen LogP contribution is -2.53. The number of nitrogens with one attached hydrogen (secondary N) is 1. The van der Waals surface area contributed by atoms with Gasteiger partial charge in [0.2, 0.25) is 0 Å². The van der Waals surface area contributed by atoms with Gasteiger partial charge >= 0.3 is 12.3 Å². The van der Waals surface area contributed by atoms with E-state index in [-0.39, 0.29) is 16.1 Å². The maximum atomic E-state index is 13.1. The van der Waals surface area contributed by atoms with E-state index in [0.717, 1.165) is 39.0 Å². The molecule has 3 heterocycles. The second-order valence-electron chi connectivity index (χ2n) is 9.69. The summed E-state index contributed by atoms with van der Waals surface area (Å²) in [5, 5.41) is 4.09. The predicted octanol–water partition coefficient (Wildman–Crippen LogP) is 2.74. The molecule has 36 heavy (non-hydrogen) atoms. The molecule has 1 fully saturated rings. The minimum atomic E-state index is -4.47. The number of carbonyl (C=O) groups is 1. The van der Waals surface area contributed by atoms with E-state index >= 15 is 0 Å². The summed E-state index contributed by atoms with van der Waals surface area (Å²) in [5.74, 6) is 0.422. The molecule has 0 aliphatic carbocycles. The number of benzene rings is 1. The zero-order chi connectivity index (χ0) is 26.3. The van der Waals surface area contributed by atoms with Crippen LogP contribution < -0.4 is 15.1 Å². The first-order chi connectivity index (χ1) is 16.7. The molecule has 0 bridgehead atoms. The van der Waals surface area contributed by atoms with Gasteiger partial charge in [-0.15, -0.1) is 11.3 Å². The standard InChI is InChI=1S/C24H28F3N3O4S2/c1-23(2,3)34-22(31)30-12-10-29(11-13-30)21-18-14-20(35-19(18)8-9-28-21)36(32,33)15-16-4-6-17(7-5-16)24(25,26)27/h4-8,14,28H,9-13,15H2,1-3H3. The third-order valence-corrected chi connectivity index (χ3v) is 9.12. The number of halogens is 3. The molecule has 1 N–H and O–H groups in total. The van der Waals surface area contributed by atoms with Crippen molar-refractivity contribution in [3.63, 3.8) is 0 Å². The summed E-state index contributed by atoms with van der Waals surface area (Å²) in [6.07, 6.45) is -2.92. The lowest BCUT2D eigenvalue weighted by molar-refractivity contribution is -0.137. The van der Waals surface area contributed by atoms with E-state index in [1.807, 2.05) is 26.8 Å². The molecule has 1 amide bonds. The van der Waals surface area contributed by atoms with Gasteiger partial charge in [0, 0.05) is 42.5 Å². The Morgan fingerprint density at radius 1 is 1.08 bits per heavy atom. The van der Waals surface area contributed by atoms with E-state index in [1.165, 1.54) is 12.1 Å². The largest absolute Gasteiger partial charge is 0.444 e. The number of thiophene rings is 1. The van der Waals surface area contributed by atoms with Crippen molar-refractivity contribution in [2.24, 2.45) is 0 Å². The van der Waals surface area contributed by atoms with Gasteiger partial charge in [-0.05, 0) is 50.6 Å². The van der Waals surface area contributed by atoms with Gasteiger partial charge in [0.25, 0.3) is 0 Å². The van der Waals surface area contributed by atoms with Crippen LogP contribution in [0.2, 0.25) is 0 Å². The number of nitrogens with zero attached hydrogens (tertiary/aromatic N) is 2. The van der Waals surface area contributed by atoms with Gasteiger partial charge in [-0.25, -0.2) is 13.2 Å². The SMILES string of the molecule is CC(C)(C)OC(=O)N1CCN(C2=c3cc(S(=O)(=O)Cc4ccc(C(F)(F)F)cc4)sc3=CCN2)CC1. The lowest BCUT2D eigenvalue weighted by atomic mass is 10.1. The average Bonchev–Trinajstić information content (AvgIpc) is 3.23.